The van der Waals surface area contributed by atoms with Crippen LogP contribution in [0.2, 0.25) is 0 Å². The highest BCUT2D eigenvalue weighted by atomic mass is 16.7. The number of hydrogen-bond acceptors (Lipinski definition) is 23. The van der Waals surface area contributed by atoms with E-state index in [1.54, 1.807) is 111 Å². The lowest BCUT2D eigenvalue weighted by atomic mass is 9.82. The number of aliphatic hydroxyl groups is 14. The van der Waals surface area contributed by atoms with E-state index in [9.17, 15) is 81.1 Å². The van der Waals surface area contributed by atoms with Gasteiger partial charge in [0.15, 0.2) is 12.1 Å². The van der Waals surface area contributed by atoms with Crippen LogP contribution in [0.15, 0.2) is 109 Å². The minimum atomic E-state index is -2.47. The van der Waals surface area contributed by atoms with Crippen LogP contribution in [0.25, 0.3) is 0 Å². The highest BCUT2D eigenvalue weighted by molar-refractivity contribution is 5.80. The molecule has 24 heteroatoms. The normalized spacial score (nSPS) is 43.4. The van der Waals surface area contributed by atoms with Crippen molar-refractivity contribution in [1.82, 2.24) is 15.6 Å². The zero-order chi connectivity index (χ0) is 61.7. The number of hydrogen-bond donors (Lipinski definition) is 16. The summed E-state index contributed by atoms with van der Waals surface area (Å²) in [4.78, 5) is 31.2. The predicted octanol–water partition coefficient (Wildman–Crippen LogP) is -1.19. The second-order valence-corrected chi connectivity index (χ2v) is 22.6. The summed E-state index contributed by atoms with van der Waals surface area (Å²) in [6.45, 7) is 5.54. The van der Waals surface area contributed by atoms with E-state index in [1.807, 2.05) is 13.0 Å². The van der Waals surface area contributed by atoms with Crippen LogP contribution in [0.3, 0.4) is 0 Å². The molecular weight excluding hydrogens is 1100 g/mol. The molecular formula is C60H91N3O21. The van der Waals surface area contributed by atoms with Crippen LogP contribution in [-0.4, -0.2) is 230 Å². The lowest BCUT2D eigenvalue weighted by Gasteiger charge is -2.47. The van der Waals surface area contributed by atoms with E-state index in [1.165, 1.54) is 13.0 Å². The van der Waals surface area contributed by atoms with Crippen molar-refractivity contribution in [2.24, 2.45) is 17.8 Å². The fourth-order valence-corrected chi connectivity index (χ4v) is 10.5. The Labute approximate surface area is 490 Å². The number of rotatable bonds is 9. The third-order valence-corrected chi connectivity index (χ3v) is 15.7. The Bertz CT molecular complexity index is 2360. The number of ether oxygens (including phenoxy) is 5. The fourth-order valence-electron chi connectivity index (χ4n) is 10.5. The topological polar surface area (TPSA) is 400 Å². The minimum Gasteiger partial charge on any atom is -0.462 e. The van der Waals surface area contributed by atoms with Crippen molar-refractivity contribution < 1.29 is 105 Å². The molecule has 1 aromatic heterocycles. The number of fused-ring (bicyclic) bond motifs is 2. The Morgan fingerprint density at radius 1 is 0.679 bits per heavy atom. The van der Waals surface area contributed by atoms with Crippen LogP contribution in [0.5, 0.6) is 0 Å². The van der Waals surface area contributed by atoms with Crippen LogP contribution in [-0.2, 0) is 39.7 Å². The molecule has 3 unspecified atom stereocenters. The van der Waals surface area contributed by atoms with Gasteiger partial charge in [-0.05, 0) is 45.2 Å². The van der Waals surface area contributed by atoms with Crippen molar-refractivity contribution >= 4 is 11.9 Å². The Morgan fingerprint density at radius 2 is 1.32 bits per heavy atom. The van der Waals surface area contributed by atoms with Crippen LogP contribution in [0.4, 0.5) is 0 Å². The monoisotopic (exact) mass is 1190 g/mol. The molecule has 4 aliphatic rings. The summed E-state index contributed by atoms with van der Waals surface area (Å²) < 4.78 is 29.5. The molecule has 0 saturated carbocycles. The summed E-state index contributed by atoms with van der Waals surface area (Å²) in [6.07, 6.45) is -1.43. The number of carbonyl (C=O) groups excluding carboxylic acids is 2. The zero-order valence-electron chi connectivity index (χ0n) is 48.1. The summed E-state index contributed by atoms with van der Waals surface area (Å²) >= 11 is 0. The van der Waals surface area contributed by atoms with Gasteiger partial charge >= 0.3 is 5.97 Å². The molecule has 5 rings (SSSR count). The summed E-state index contributed by atoms with van der Waals surface area (Å²) in [5, 5.41) is 160. The molecule has 16 N–H and O–H groups in total. The van der Waals surface area contributed by atoms with Crippen LogP contribution in [0, 0.1) is 17.8 Å². The standard InChI is InChI=1S/C60H91N3O21/c1-35-19-15-13-11-9-7-5-6-8-10-12-14-16-21-43(83-58-55(75)51(53(73)38(4)82-58)63-34-60(79)56(76)54(74)47(70)33-80-60)30-48-50(57(77)62-26-24-39-20-17-18-25-61-39)46(69)32-59(78,84-48)31-42(66)28-45(68)44(67)23-22-40(64)27-41(65)29-49(71)81-37(3)36(2)52(35)72/h5-21,25,35-38,40-48,50-56,58,63-70,72-76,78-79H,22-24,26-34H2,1-4H3,(H,62,77)/b6-5+,9-7+,10-8+,13-11+,14-12+,19-15+,21-16+/t35-,36?,37-,38+,40+,41+,42-,43-,44+,45+,46-,47+,48?,50?,51-,52+,53+,54+,55-,56-,58-,59+,60+/m0/s1. The number of nitrogens with zero attached hydrogens (tertiary/aromatic N) is 1. The van der Waals surface area contributed by atoms with Crippen molar-refractivity contribution in [3.05, 3.63) is 115 Å². The van der Waals surface area contributed by atoms with Crippen molar-refractivity contribution in [3.8, 4) is 0 Å². The van der Waals surface area contributed by atoms with Gasteiger partial charge in [-0.3, -0.25) is 14.6 Å². The molecule has 5 heterocycles. The molecule has 0 aromatic carbocycles. The second-order valence-electron chi connectivity index (χ2n) is 22.6. The number of allylic oxidation sites excluding steroid dienone is 12. The zero-order valence-corrected chi connectivity index (χ0v) is 48.1. The Kier molecular flexibility index (Phi) is 28.6. The van der Waals surface area contributed by atoms with Gasteiger partial charge in [0.25, 0.3) is 0 Å². The first-order chi connectivity index (χ1) is 39.8. The van der Waals surface area contributed by atoms with E-state index in [-0.39, 0.29) is 38.1 Å². The first kappa shape index (κ1) is 70.3. The number of pyridine rings is 1. The molecule has 1 amide bonds. The highest BCUT2D eigenvalue weighted by Gasteiger charge is 2.53. The molecule has 4 aliphatic heterocycles. The average Bonchev–Trinajstić information content (AvgIpc) is 1.75. The summed E-state index contributed by atoms with van der Waals surface area (Å²) in [5.41, 5.74) is 0.666. The molecule has 0 aliphatic carbocycles. The van der Waals surface area contributed by atoms with Gasteiger partial charge < -0.3 is 106 Å². The van der Waals surface area contributed by atoms with E-state index in [0.29, 0.717) is 12.1 Å². The third-order valence-electron chi connectivity index (χ3n) is 15.7. The summed E-state index contributed by atoms with van der Waals surface area (Å²) in [5.74, 6) is -8.47. The van der Waals surface area contributed by atoms with Crippen molar-refractivity contribution in [2.75, 3.05) is 19.7 Å². The molecule has 0 radical (unpaired) electrons. The lowest BCUT2D eigenvalue weighted by molar-refractivity contribution is -0.323. The maximum Gasteiger partial charge on any atom is 0.308 e. The molecule has 0 spiro atoms. The predicted molar refractivity (Wildman–Crippen MR) is 303 cm³/mol. The number of nitrogens with one attached hydrogen (secondary N) is 2. The van der Waals surface area contributed by atoms with Crippen LogP contribution < -0.4 is 10.6 Å². The van der Waals surface area contributed by atoms with Gasteiger partial charge in [-0.2, -0.15) is 0 Å². The number of aromatic nitrogens is 1. The molecule has 1 aromatic rings. The number of carbonyl (C=O) groups is 2. The van der Waals surface area contributed by atoms with Gasteiger partial charge in [0.1, 0.15) is 30.5 Å². The quantitative estimate of drug-likeness (QED) is 0.129. The van der Waals surface area contributed by atoms with Gasteiger partial charge in [-0.25, -0.2) is 0 Å². The minimum absolute atomic E-state index is 0.0809. The maximum atomic E-state index is 14.2. The van der Waals surface area contributed by atoms with Gasteiger partial charge in [0, 0.05) is 62.4 Å². The SMILES string of the molecule is CC1[C@H](C)OC(=O)C[C@H](O)C[C@H](O)CC[C@@H](O)[C@H](O)C[C@H](O)C[C@]2(O)C[C@H](O)C(C(=O)NCCc3ccccn3)C(C[C@@H](O[C@@H]3O[C@H](C)[C@@H](O)[C@H](NC[C@@]4(O)OC[C@@H](O)[C@@H](O)[C@@H]4O)[C@@H]3O)/C=C/C=C/C=C/C=C/C=C/C=C/C=C/[C@H](C)[C@H]1O)O2. The number of esters is 1. The smallest absolute Gasteiger partial charge is 0.308 e. The first-order valence-electron chi connectivity index (χ1n) is 28.8. The first-order valence-corrected chi connectivity index (χ1v) is 28.8. The lowest BCUT2D eigenvalue weighted by Crippen LogP contribution is -2.69. The largest absolute Gasteiger partial charge is 0.462 e. The molecule has 3 saturated heterocycles. The van der Waals surface area contributed by atoms with Gasteiger partial charge in [0.2, 0.25) is 11.7 Å². The molecule has 24 nitrogen and oxygen atoms in total. The summed E-state index contributed by atoms with van der Waals surface area (Å²) in [7, 11) is 0. The van der Waals surface area contributed by atoms with E-state index < -0.39 is 184 Å². The van der Waals surface area contributed by atoms with E-state index >= 15 is 0 Å². The van der Waals surface area contributed by atoms with Crippen LogP contribution >= 0.6 is 0 Å². The second kappa shape index (κ2) is 34.2. The number of aliphatic hydroxyl groups excluding tert-OH is 12. The molecule has 3 fully saturated rings. The van der Waals surface area contributed by atoms with Gasteiger partial charge in [-0.1, -0.05) is 105 Å². The number of amides is 1. The van der Waals surface area contributed by atoms with E-state index in [0.717, 1.165) is 0 Å². The average molecular weight is 1190 g/mol. The number of cyclic esters (lactones) is 1. The van der Waals surface area contributed by atoms with Crippen LogP contribution in [0.1, 0.15) is 84.8 Å². The third kappa shape index (κ3) is 21.7. The highest BCUT2D eigenvalue weighted by Crippen LogP contribution is 2.38. The van der Waals surface area contributed by atoms with E-state index in [2.05, 4.69) is 15.6 Å². The summed E-state index contributed by atoms with van der Waals surface area (Å²) in [6, 6.07) is 3.93. The van der Waals surface area contributed by atoms with E-state index in [4.69, 9.17) is 23.7 Å². The Morgan fingerprint density at radius 3 is 1.96 bits per heavy atom. The van der Waals surface area contributed by atoms with Crippen molar-refractivity contribution in [1.29, 1.82) is 0 Å². The molecule has 23 atom stereocenters. The van der Waals surface area contributed by atoms with Crippen molar-refractivity contribution in [2.45, 2.75) is 207 Å². The molecule has 2 bridgehead atoms. The Hall–Kier alpha value is -4.49. The maximum absolute atomic E-state index is 14.2. The Balaban J connectivity index is 1.43. The van der Waals surface area contributed by atoms with Crippen molar-refractivity contribution in [3.63, 3.8) is 0 Å². The molecule has 472 valence electrons. The fraction of sp³-hybridized carbons (Fsp3) is 0.650. The van der Waals surface area contributed by atoms with Gasteiger partial charge in [-0.15, -0.1) is 0 Å². The van der Waals surface area contributed by atoms with Gasteiger partial charge in [0.05, 0.1) is 98.7 Å². The molecule has 84 heavy (non-hydrogen) atoms.